The molecule has 0 bridgehead atoms. The predicted molar refractivity (Wildman–Crippen MR) is 63.2 cm³/mol. The normalized spacial score (nSPS) is 34.5. The van der Waals surface area contributed by atoms with Crippen LogP contribution in [0, 0.1) is 11.8 Å². The molecule has 1 aliphatic heterocycles. The minimum Gasteiger partial charge on any atom is -0.341 e. The van der Waals surface area contributed by atoms with E-state index in [-0.39, 0.29) is 12.4 Å². The molecule has 0 aromatic heterocycles. The highest BCUT2D eigenvalue weighted by atomic mass is 35.5. The Bertz CT molecular complexity index is 229. The third kappa shape index (κ3) is 2.64. The van der Waals surface area contributed by atoms with Crippen LogP contribution in [0.2, 0.25) is 0 Å². The van der Waals surface area contributed by atoms with Crippen LogP contribution in [0.4, 0.5) is 0 Å². The number of hydrogen-bond acceptors (Lipinski definition) is 2. The molecular weight excluding hydrogens is 212 g/mol. The van der Waals surface area contributed by atoms with E-state index >= 15 is 0 Å². The van der Waals surface area contributed by atoms with E-state index in [1.807, 2.05) is 11.9 Å². The van der Waals surface area contributed by atoms with E-state index in [1.54, 1.807) is 0 Å². The van der Waals surface area contributed by atoms with Crippen LogP contribution in [-0.4, -0.2) is 37.0 Å². The van der Waals surface area contributed by atoms with Crippen molar-refractivity contribution >= 4 is 18.3 Å². The average Bonchev–Trinajstić information content (AvgIpc) is 2.60. The molecular formula is C11H21ClN2O. The fourth-order valence-electron chi connectivity index (χ4n) is 2.56. The van der Waals surface area contributed by atoms with Gasteiger partial charge in [0.25, 0.3) is 0 Å². The molecule has 1 amide bonds. The van der Waals surface area contributed by atoms with E-state index in [1.165, 1.54) is 0 Å². The number of likely N-dealkylation sites (N-methyl/N-ethyl adjacent to an activating group) is 1. The van der Waals surface area contributed by atoms with Gasteiger partial charge in [-0.3, -0.25) is 4.79 Å². The maximum atomic E-state index is 11.9. The lowest BCUT2D eigenvalue weighted by molar-refractivity contribution is -0.138. The lowest BCUT2D eigenvalue weighted by atomic mass is 9.75. The molecule has 2 aliphatic rings. The SMILES string of the molecule is CNC1CCN(C(=O)C2CC(C)C2)C1.Cl. The number of rotatable bonds is 2. The molecule has 1 heterocycles. The van der Waals surface area contributed by atoms with Gasteiger partial charge >= 0.3 is 0 Å². The molecule has 88 valence electrons. The van der Waals surface area contributed by atoms with Gasteiger partial charge in [0.2, 0.25) is 5.91 Å². The van der Waals surface area contributed by atoms with Crippen molar-refractivity contribution in [2.24, 2.45) is 11.8 Å². The van der Waals surface area contributed by atoms with Crippen LogP contribution >= 0.6 is 12.4 Å². The second kappa shape index (κ2) is 5.17. The van der Waals surface area contributed by atoms with Gasteiger partial charge in [-0.1, -0.05) is 6.92 Å². The number of nitrogens with zero attached hydrogens (tertiary/aromatic N) is 1. The number of amides is 1. The Labute approximate surface area is 98.0 Å². The topological polar surface area (TPSA) is 32.3 Å². The first kappa shape index (κ1) is 12.8. The zero-order valence-corrected chi connectivity index (χ0v) is 10.3. The van der Waals surface area contributed by atoms with E-state index in [0.717, 1.165) is 38.3 Å². The largest absolute Gasteiger partial charge is 0.341 e. The molecule has 1 aliphatic carbocycles. The second-order valence-electron chi connectivity index (χ2n) is 4.83. The summed E-state index contributed by atoms with van der Waals surface area (Å²) in [5, 5.41) is 3.24. The van der Waals surface area contributed by atoms with Crippen LogP contribution in [0.15, 0.2) is 0 Å². The summed E-state index contributed by atoms with van der Waals surface area (Å²) in [5.74, 6) is 1.52. The quantitative estimate of drug-likeness (QED) is 0.778. The monoisotopic (exact) mass is 232 g/mol. The highest BCUT2D eigenvalue weighted by Gasteiger charge is 2.36. The maximum Gasteiger partial charge on any atom is 0.225 e. The number of carbonyl (C=O) groups is 1. The van der Waals surface area contributed by atoms with Crippen molar-refractivity contribution < 1.29 is 4.79 Å². The zero-order valence-electron chi connectivity index (χ0n) is 9.53. The first-order valence-corrected chi connectivity index (χ1v) is 5.66. The molecule has 1 N–H and O–H groups in total. The van der Waals surface area contributed by atoms with Crippen molar-refractivity contribution in [3.05, 3.63) is 0 Å². The van der Waals surface area contributed by atoms with Gasteiger partial charge in [0.15, 0.2) is 0 Å². The second-order valence-corrected chi connectivity index (χ2v) is 4.83. The number of halogens is 1. The van der Waals surface area contributed by atoms with E-state index in [4.69, 9.17) is 0 Å². The van der Waals surface area contributed by atoms with Gasteiger partial charge in [-0.05, 0) is 32.2 Å². The molecule has 0 aromatic rings. The minimum atomic E-state index is 0. The zero-order chi connectivity index (χ0) is 10.1. The Hall–Kier alpha value is -0.280. The van der Waals surface area contributed by atoms with Crippen molar-refractivity contribution in [2.75, 3.05) is 20.1 Å². The lowest BCUT2D eigenvalue weighted by Gasteiger charge is -2.34. The smallest absolute Gasteiger partial charge is 0.225 e. The van der Waals surface area contributed by atoms with Gasteiger partial charge in [-0.25, -0.2) is 0 Å². The Balaban J connectivity index is 0.00000112. The highest BCUT2D eigenvalue weighted by molar-refractivity contribution is 5.85. The van der Waals surface area contributed by atoms with Crippen molar-refractivity contribution in [1.82, 2.24) is 10.2 Å². The van der Waals surface area contributed by atoms with E-state index in [2.05, 4.69) is 12.2 Å². The van der Waals surface area contributed by atoms with Crippen LogP contribution < -0.4 is 5.32 Å². The standard InChI is InChI=1S/C11H20N2O.ClH/c1-8-5-9(6-8)11(14)13-4-3-10(7-13)12-2;/h8-10,12H,3-7H2,1-2H3;1H. The predicted octanol–water partition coefficient (Wildman–Crippen LogP) is 1.27. The summed E-state index contributed by atoms with van der Waals surface area (Å²) in [4.78, 5) is 14.0. The summed E-state index contributed by atoms with van der Waals surface area (Å²) >= 11 is 0. The molecule has 2 fully saturated rings. The van der Waals surface area contributed by atoms with Gasteiger partial charge in [-0.15, -0.1) is 12.4 Å². The summed E-state index contributed by atoms with van der Waals surface area (Å²) in [6, 6.07) is 0.524. The van der Waals surface area contributed by atoms with E-state index in [0.29, 0.717) is 17.9 Å². The Morgan fingerprint density at radius 1 is 1.40 bits per heavy atom. The first-order chi connectivity index (χ1) is 6.70. The Morgan fingerprint density at radius 3 is 2.53 bits per heavy atom. The molecule has 3 nitrogen and oxygen atoms in total. The molecule has 2 rings (SSSR count). The molecule has 0 radical (unpaired) electrons. The Morgan fingerprint density at radius 2 is 2.07 bits per heavy atom. The number of hydrogen-bond donors (Lipinski definition) is 1. The van der Waals surface area contributed by atoms with Crippen LogP contribution in [0.1, 0.15) is 26.2 Å². The van der Waals surface area contributed by atoms with Gasteiger partial charge in [0.05, 0.1) is 0 Å². The number of nitrogens with one attached hydrogen (secondary N) is 1. The summed E-state index contributed by atoms with van der Waals surface area (Å²) in [7, 11) is 1.98. The van der Waals surface area contributed by atoms with Crippen LogP contribution in [-0.2, 0) is 4.79 Å². The van der Waals surface area contributed by atoms with E-state index in [9.17, 15) is 4.79 Å². The summed E-state index contributed by atoms with van der Waals surface area (Å²) < 4.78 is 0. The minimum absolute atomic E-state index is 0. The molecule has 15 heavy (non-hydrogen) atoms. The lowest BCUT2D eigenvalue weighted by Crippen LogP contribution is -2.41. The summed E-state index contributed by atoms with van der Waals surface area (Å²) in [6.45, 7) is 4.10. The summed E-state index contributed by atoms with van der Waals surface area (Å²) in [5.41, 5.74) is 0. The van der Waals surface area contributed by atoms with Crippen molar-refractivity contribution in [1.29, 1.82) is 0 Å². The molecule has 4 heteroatoms. The fraction of sp³-hybridized carbons (Fsp3) is 0.909. The third-order valence-electron chi connectivity index (χ3n) is 3.63. The third-order valence-corrected chi connectivity index (χ3v) is 3.63. The van der Waals surface area contributed by atoms with Crippen molar-refractivity contribution in [3.63, 3.8) is 0 Å². The van der Waals surface area contributed by atoms with Crippen LogP contribution in [0.5, 0.6) is 0 Å². The van der Waals surface area contributed by atoms with Gasteiger partial charge < -0.3 is 10.2 Å². The highest BCUT2D eigenvalue weighted by Crippen LogP contribution is 2.34. The van der Waals surface area contributed by atoms with Crippen LogP contribution in [0.25, 0.3) is 0 Å². The maximum absolute atomic E-state index is 11.9. The van der Waals surface area contributed by atoms with E-state index < -0.39 is 0 Å². The molecule has 1 saturated heterocycles. The molecule has 1 unspecified atom stereocenters. The molecule has 0 spiro atoms. The fourth-order valence-corrected chi connectivity index (χ4v) is 2.56. The molecule has 1 saturated carbocycles. The average molecular weight is 233 g/mol. The first-order valence-electron chi connectivity index (χ1n) is 5.66. The van der Waals surface area contributed by atoms with Gasteiger partial charge in [-0.2, -0.15) is 0 Å². The molecule has 0 aromatic carbocycles. The Kier molecular flexibility index (Phi) is 4.41. The number of likely N-dealkylation sites (tertiary alicyclic amines) is 1. The molecule has 1 atom stereocenters. The van der Waals surface area contributed by atoms with Gasteiger partial charge in [0, 0.05) is 25.0 Å². The summed E-state index contributed by atoms with van der Waals surface area (Å²) in [6.07, 6.45) is 3.34. The van der Waals surface area contributed by atoms with Crippen LogP contribution in [0.3, 0.4) is 0 Å². The van der Waals surface area contributed by atoms with Crippen molar-refractivity contribution in [3.8, 4) is 0 Å². The van der Waals surface area contributed by atoms with Gasteiger partial charge in [0.1, 0.15) is 0 Å². The van der Waals surface area contributed by atoms with Crippen molar-refractivity contribution in [2.45, 2.75) is 32.2 Å². The number of carbonyl (C=O) groups excluding carboxylic acids is 1.